The molecule has 3 N–H and O–H groups in total. The summed E-state index contributed by atoms with van der Waals surface area (Å²) in [5, 5.41) is 14.0. The maximum absolute atomic E-state index is 11.8. The number of carbonyl (C=O) groups is 1. The minimum atomic E-state index is 0.0620. The molecule has 0 aliphatic rings. The van der Waals surface area contributed by atoms with Crippen molar-refractivity contribution in [2.24, 2.45) is 12.0 Å². The minimum absolute atomic E-state index is 0.0620. The van der Waals surface area contributed by atoms with Crippen LogP contribution in [-0.2, 0) is 18.3 Å². The Morgan fingerprint density at radius 1 is 1.24 bits per heavy atom. The highest BCUT2D eigenvalue weighted by molar-refractivity contribution is 5.81. The summed E-state index contributed by atoms with van der Waals surface area (Å²) >= 11 is 0. The van der Waals surface area contributed by atoms with Gasteiger partial charge in [-0.2, -0.15) is 5.10 Å². The Kier molecular flexibility index (Phi) is 8.45. The fourth-order valence-corrected chi connectivity index (χ4v) is 2.64. The Labute approximate surface area is 151 Å². The molecule has 0 aliphatic carbocycles. The van der Waals surface area contributed by atoms with Gasteiger partial charge in [-0.1, -0.05) is 6.92 Å². The second-order valence-corrected chi connectivity index (χ2v) is 6.65. The van der Waals surface area contributed by atoms with E-state index in [9.17, 15) is 4.79 Å². The van der Waals surface area contributed by atoms with E-state index in [2.05, 4.69) is 46.8 Å². The van der Waals surface area contributed by atoms with Crippen molar-refractivity contribution < 1.29 is 4.79 Å². The van der Waals surface area contributed by atoms with Gasteiger partial charge in [0.2, 0.25) is 5.91 Å². The molecule has 25 heavy (non-hydrogen) atoms. The molecular weight excluding hydrogens is 316 g/mol. The topological polar surface area (TPSA) is 83.3 Å². The van der Waals surface area contributed by atoms with Crippen molar-refractivity contribution in [1.29, 1.82) is 0 Å². The molecule has 1 aromatic rings. The van der Waals surface area contributed by atoms with Crippen LogP contribution in [0.25, 0.3) is 0 Å². The first-order chi connectivity index (χ1) is 11.8. The van der Waals surface area contributed by atoms with Crippen molar-refractivity contribution in [1.82, 2.24) is 25.7 Å². The molecule has 7 heteroatoms. The maximum Gasteiger partial charge on any atom is 0.221 e. The van der Waals surface area contributed by atoms with E-state index < -0.39 is 0 Å². The highest BCUT2D eigenvalue weighted by Gasteiger charge is 2.14. The first kappa shape index (κ1) is 21.0. The summed E-state index contributed by atoms with van der Waals surface area (Å²) in [5.74, 6) is 0.773. The average Bonchev–Trinajstić information content (AvgIpc) is 2.79. The van der Waals surface area contributed by atoms with Crippen LogP contribution in [0.1, 0.15) is 50.6 Å². The lowest BCUT2D eigenvalue weighted by molar-refractivity contribution is -0.121. The summed E-state index contributed by atoms with van der Waals surface area (Å²) in [6.45, 7) is 10.9. The summed E-state index contributed by atoms with van der Waals surface area (Å²) in [6, 6.07) is 0.428. The monoisotopic (exact) mass is 350 g/mol. The third kappa shape index (κ3) is 6.76. The van der Waals surface area contributed by atoms with E-state index in [4.69, 9.17) is 0 Å². The number of hydrogen-bond donors (Lipinski definition) is 3. The van der Waals surface area contributed by atoms with Crippen molar-refractivity contribution >= 4 is 11.9 Å². The number of amides is 1. The third-order valence-electron chi connectivity index (χ3n) is 4.44. The second kappa shape index (κ2) is 10.1. The first-order valence-corrected chi connectivity index (χ1v) is 9.04. The molecule has 1 amide bonds. The van der Waals surface area contributed by atoms with Gasteiger partial charge in [0.1, 0.15) is 0 Å². The van der Waals surface area contributed by atoms with Crippen molar-refractivity contribution in [2.45, 2.75) is 66.0 Å². The van der Waals surface area contributed by atoms with Crippen LogP contribution in [-0.4, -0.2) is 47.3 Å². The van der Waals surface area contributed by atoms with Gasteiger partial charge in [-0.25, -0.2) is 0 Å². The molecule has 1 rings (SSSR count). The largest absolute Gasteiger partial charge is 0.356 e. The summed E-state index contributed by atoms with van der Waals surface area (Å²) in [5.41, 5.74) is 3.53. The molecule has 1 heterocycles. The van der Waals surface area contributed by atoms with Gasteiger partial charge in [0.15, 0.2) is 5.96 Å². The van der Waals surface area contributed by atoms with Crippen LogP contribution in [0.2, 0.25) is 0 Å². The van der Waals surface area contributed by atoms with Crippen molar-refractivity contribution in [3.05, 3.63) is 17.0 Å². The highest BCUT2D eigenvalue weighted by Crippen LogP contribution is 2.14. The number of carbonyl (C=O) groups excluding carboxylic acids is 1. The lowest BCUT2D eigenvalue weighted by atomic mass is 10.1. The highest BCUT2D eigenvalue weighted by atomic mass is 16.1. The Hall–Kier alpha value is -2.05. The van der Waals surface area contributed by atoms with Crippen molar-refractivity contribution in [3.63, 3.8) is 0 Å². The van der Waals surface area contributed by atoms with E-state index in [1.54, 1.807) is 7.05 Å². The van der Waals surface area contributed by atoms with Crippen LogP contribution in [0.4, 0.5) is 0 Å². The first-order valence-electron chi connectivity index (χ1n) is 9.04. The molecule has 0 bridgehead atoms. The molecule has 2 unspecified atom stereocenters. The predicted molar refractivity (Wildman–Crippen MR) is 103 cm³/mol. The van der Waals surface area contributed by atoms with Gasteiger partial charge >= 0.3 is 0 Å². The fourth-order valence-electron chi connectivity index (χ4n) is 2.64. The SMILES string of the molecule is CCC(C)NC(=O)CCNC(=NC)NC(C)Cc1c(C)nn(C)c1C. The Bertz CT molecular complexity index is 593. The Morgan fingerprint density at radius 3 is 2.44 bits per heavy atom. The summed E-state index contributed by atoms with van der Waals surface area (Å²) in [7, 11) is 3.71. The summed E-state index contributed by atoms with van der Waals surface area (Å²) in [4.78, 5) is 16.0. The number of nitrogens with zero attached hydrogens (tertiary/aromatic N) is 3. The lowest BCUT2D eigenvalue weighted by Crippen LogP contribution is -2.44. The number of rotatable bonds is 8. The summed E-state index contributed by atoms with van der Waals surface area (Å²) < 4.78 is 1.92. The molecule has 0 spiro atoms. The van der Waals surface area contributed by atoms with Crippen LogP contribution in [0.3, 0.4) is 0 Å². The lowest BCUT2D eigenvalue weighted by Gasteiger charge is -2.18. The minimum Gasteiger partial charge on any atom is -0.356 e. The van der Waals surface area contributed by atoms with Crippen LogP contribution in [0.15, 0.2) is 4.99 Å². The van der Waals surface area contributed by atoms with Crippen molar-refractivity contribution in [3.8, 4) is 0 Å². The van der Waals surface area contributed by atoms with E-state index in [-0.39, 0.29) is 18.0 Å². The molecule has 0 radical (unpaired) electrons. The van der Waals surface area contributed by atoms with E-state index in [0.29, 0.717) is 18.9 Å². The molecule has 0 saturated heterocycles. The van der Waals surface area contributed by atoms with E-state index >= 15 is 0 Å². The van der Waals surface area contributed by atoms with Crippen LogP contribution in [0.5, 0.6) is 0 Å². The van der Waals surface area contributed by atoms with Crippen molar-refractivity contribution in [2.75, 3.05) is 13.6 Å². The average molecular weight is 351 g/mol. The van der Waals surface area contributed by atoms with E-state index in [1.807, 2.05) is 25.6 Å². The zero-order chi connectivity index (χ0) is 19.0. The molecule has 2 atom stereocenters. The van der Waals surface area contributed by atoms with Gasteiger partial charge in [0.05, 0.1) is 5.69 Å². The van der Waals surface area contributed by atoms with Gasteiger partial charge in [0.25, 0.3) is 0 Å². The van der Waals surface area contributed by atoms with Gasteiger partial charge in [-0.05, 0) is 46.1 Å². The molecule has 0 aliphatic heterocycles. The molecule has 1 aromatic heterocycles. The molecular formula is C18H34N6O. The molecule has 7 nitrogen and oxygen atoms in total. The number of nitrogens with one attached hydrogen (secondary N) is 3. The normalized spacial score (nSPS) is 14.1. The maximum atomic E-state index is 11.8. The molecule has 0 saturated carbocycles. The number of hydrogen-bond acceptors (Lipinski definition) is 3. The number of aryl methyl sites for hydroxylation is 2. The number of guanidine groups is 1. The van der Waals surface area contributed by atoms with Crippen LogP contribution < -0.4 is 16.0 Å². The van der Waals surface area contributed by atoms with Gasteiger partial charge < -0.3 is 16.0 Å². The van der Waals surface area contributed by atoms with Crippen LogP contribution in [0, 0.1) is 13.8 Å². The second-order valence-electron chi connectivity index (χ2n) is 6.65. The molecule has 142 valence electrons. The summed E-state index contributed by atoms with van der Waals surface area (Å²) in [6.07, 6.45) is 2.24. The third-order valence-corrected chi connectivity index (χ3v) is 4.44. The number of aromatic nitrogens is 2. The van der Waals surface area contributed by atoms with Gasteiger partial charge in [-0.3, -0.25) is 14.5 Å². The quantitative estimate of drug-likeness (QED) is 0.489. The Balaban J connectivity index is 2.44. The molecule has 0 aromatic carbocycles. The fraction of sp³-hybridized carbons (Fsp3) is 0.722. The van der Waals surface area contributed by atoms with Gasteiger partial charge in [0, 0.05) is 44.8 Å². The molecule has 0 fully saturated rings. The number of aliphatic imine (C=N–C) groups is 1. The zero-order valence-corrected chi connectivity index (χ0v) is 16.7. The standard InChI is InChI=1S/C18H34N6O/c1-8-12(2)21-17(25)9-10-20-18(19-6)22-13(3)11-16-14(4)23-24(7)15(16)5/h12-13H,8-11H2,1-7H3,(H,21,25)(H2,19,20,22). The smallest absolute Gasteiger partial charge is 0.221 e. The zero-order valence-electron chi connectivity index (χ0n) is 16.7. The van der Waals surface area contributed by atoms with E-state index in [1.165, 1.54) is 11.3 Å². The van der Waals surface area contributed by atoms with Gasteiger partial charge in [-0.15, -0.1) is 0 Å². The van der Waals surface area contributed by atoms with E-state index in [0.717, 1.165) is 18.5 Å². The van der Waals surface area contributed by atoms with Crippen LogP contribution >= 0.6 is 0 Å². The Morgan fingerprint density at radius 2 is 1.92 bits per heavy atom. The predicted octanol–water partition coefficient (Wildman–Crippen LogP) is 1.44.